The first-order chi connectivity index (χ1) is 8.93. The van der Waals surface area contributed by atoms with Crippen LogP contribution in [0.2, 0.25) is 0 Å². The number of nitrogens with two attached hydrogens (primary N) is 2. The van der Waals surface area contributed by atoms with Gasteiger partial charge in [0, 0.05) is 0 Å². The Hall–Kier alpha value is -1.22. The van der Waals surface area contributed by atoms with Crippen molar-refractivity contribution in [3.63, 3.8) is 0 Å². The van der Waals surface area contributed by atoms with Gasteiger partial charge in [-0.25, -0.2) is 0 Å². The summed E-state index contributed by atoms with van der Waals surface area (Å²) in [7, 11) is 0. The molecule has 0 aliphatic heterocycles. The van der Waals surface area contributed by atoms with E-state index in [1.165, 1.54) is 0 Å². The average Bonchev–Trinajstić information content (AvgIpc) is 2.35. The zero-order valence-corrected chi connectivity index (χ0v) is 12.2. The molecule has 8 heteroatoms. The van der Waals surface area contributed by atoms with Crippen molar-refractivity contribution in [2.75, 3.05) is 0 Å². The molecule has 20 heavy (non-hydrogen) atoms. The van der Waals surface area contributed by atoms with Crippen molar-refractivity contribution in [3.05, 3.63) is 0 Å². The van der Waals surface area contributed by atoms with Crippen LogP contribution >= 0.6 is 0 Å². The van der Waals surface area contributed by atoms with Gasteiger partial charge < -0.3 is 31.9 Å². The molecule has 0 aromatic rings. The number of rotatable bonds is 6. The second kappa shape index (κ2) is 9.65. The minimum absolute atomic E-state index is 0.119. The molecule has 0 radical (unpaired) electrons. The monoisotopic (exact) mass is 294 g/mol. The van der Waals surface area contributed by atoms with E-state index < -0.39 is 36.2 Å². The molecule has 0 aromatic carbocycles. The quantitative estimate of drug-likeness (QED) is 0.356. The first-order valence-electron chi connectivity index (χ1n) is 6.26. The summed E-state index contributed by atoms with van der Waals surface area (Å²) in [5.41, 5.74) is 10.2. The van der Waals surface area contributed by atoms with Crippen LogP contribution in [-0.2, 0) is 9.59 Å². The van der Waals surface area contributed by atoms with E-state index in [-0.39, 0.29) is 11.8 Å². The summed E-state index contributed by atoms with van der Waals surface area (Å²) in [6, 6.07) is -2.33. The highest BCUT2D eigenvalue weighted by Gasteiger charge is 2.24. The fraction of sp³-hybridized carbons (Fsp3) is 0.833. The molecule has 0 heterocycles. The molecule has 0 aliphatic carbocycles. The topological polar surface area (TPSA) is 167 Å². The van der Waals surface area contributed by atoms with Crippen molar-refractivity contribution in [3.8, 4) is 0 Å². The molecule has 0 saturated heterocycles. The van der Waals surface area contributed by atoms with Crippen molar-refractivity contribution in [2.24, 2.45) is 23.3 Å². The zero-order chi connectivity index (χ0) is 16.6. The van der Waals surface area contributed by atoms with Crippen LogP contribution in [0.4, 0.5) is 0 Å². The first-order valence-corrected chi connectivity index (χ1v) is 6.26. The Kier molecular flexibility index (Phi) is 10.2. The SMILES string of the molecule is CC(C)C(O)C(N)C(=O)O.CC(C)C(O)C(N)C(=O)O. The second-order valence-corrected chi connectivity index (χ2v) is 5.20. The van der Waals surface area contributed by atoms with Crippen LogP contribution in [-0.4, -0.2) is 56.7 Å². The van der Waals surface area contributed by atoms with Gasteiger partial charge in [-0.05, 0) is 11.8 Å². The average molecular weight is 294 g/mol. The lowest BCUT2D eigenvalue weighted by Gasteiger charge is -2.17. The highest BCUT2D eigenvalue weighted by Crippen LogP contribution is 2.04. The van der Waals surface area contributed by atoms with E-state index in [0.717, 1.165) is 0 Å². The van der Waals surface area contributed by atoms with E-state index in [0.29, 0.717) is 0 Å². The Bertz CT molecular complexity index is 278. The molecule has 0 bridgehead atoms. The van der Waals surface area contributed by atoms with Crippen LogP contribution < -0.4 is 11.5 Å². The molecule has 8 N–H and O–H groups in total. The van der Waals surface area contributed by atoms with E-state index in [2.05, 4.69) is 0 Å². The summed E-state index contributed by atoms with van der Waals surface area (Å²) in [6.45, 7) is 6.86. The number of aliphatic hydroxyl groups excluding tert-OH is 2. The van der Waals surface area contributed by atoms with Crippen LogP contribution in [0, 0.1) is 11.8 Å². The van der Waals surface area contributed by atoms with Crippen LogP contribution in [0.25, 0.3) is 0 Å². The van der Waals surface area contributed by atoms with Crippen molar-refractivity contribution >= 4 is 11.9 Å². The Morgan fingerprint density at radius 1 is 0.750 bits per heavy atom. The molecule has 0 saturated carbocycles. The van der Waals surface area contributed by atoms with E-state index in [9.17, 15) is 9.59 Å². The summed E-state index contributed by atoms with van der Waals surface area (Å²) in [4.78, 5) is 20.3. The van der Waals surface area contributed by atoms with Crippen LogP contribution in [0.3, 0.4) is 0 Å². The van der Waals surface area contributed by atoms with Crippen LogP contribution in [0.15, 0.2) is 0 Å². The predicted molar refractivity (Wildman–Crippen MR) is 72.9 cm³/mol. The number of carboxylic acids is 2. The number of hydrogen-bond acceptors (Lipinski definition) is 6. The number of aliphatic hydroxyl groups is 2. The fourth-order valence-corrected chi connectivity index (χ4v) is 1.12. The van der Waals surface area contributed by atoms with Gasteiger partial charge >= 0.3 is 11.9 Å². The molecule has 0 fully saturated rings. The third-order valence-corrected chi connectivity index (χ3v) is 2.67. The molecular weight excluding hydrogens is 268 g/mol. The van der Waals surface area contributed by atoms with Crippen molar-refractivity contribution in [1.82, 2.24) is 0 Å². The maximum Gasteiger partial charge on any atom is 0.323 e. The lowest BCUT2D eigenvalue weighted by Crippen LogP contribution is -2.44. The first kappa shape index (κ1) is 21.1. The summed E-state index contributed by atoms with van der Waals surface area (Å²) in [5, 5.41) is 34.8. The minimum atomic E-state index is -1.17. The molecule has 4 atom stereocenters. The van der Waals surface area contributed by atoms with E-state index in [1.54, 1.807) is 27.7 Å². The minimum Gasteiger partial charge on any atom is -0.480 e. The van der Waals surface area contributed by atoms with Crippen LogP contribution in [0.1, 0.15) is 27.7 Å². The van der Waals surface area contributed by atoms with Gasteiger partial charge in [-0.1, -0.05) is 27.7 Å². The fourth-order valence-electron chi connectivity index (χ4n) is 1.12. The van der Waals surface area contributed by atoms with Crippen LogP contribution in [0.5, 0.6) is 0 Å². The van der Waals surface area contributed by atoms with Gasteiger partial charge in [0.25, 0.3) is 0 Å². The molecule has 0 aliphatic rings. The van der Waals surface area contributed by atoms with Gasteiger partial charge in [0.1, 0.15) is 12.1 Å². The number of carboxylic acid groups (broad SMARTS) is 2. The highest BCUT2D eigenvalue weighted by molar-refractivity contribution is 5.74. The number of carbonyl (C=O) groups is 2. The lowest BCUT2D eigenvalue weighted by atomic mass is 10.0. The highest BCUT2D eigenvalue weighted by atomic mass is 16.4. The Morgan fingerprint density at radius 3 is 1.00 bits per heavy atom. The number of aliphatic carboxylic acids is 2. The Balaban J connectivity index is 0. The second-order valence-electron chi connectivity index (χ2n) is 5.20. The predicted octanol–water partition coefficient (Wildman–Crippen LogP) is -1.17. The molecule has 0 spiro atoms. The van der Waals surface area contributed by atoms with E-state index >= 15 is 0 Å². The summed E-state index contributed by atoms with van der Waals surface area (Å²) >= 11 is 0. The van der Waals surface area contributed by atoms with Crippen molar-refractivity contribution in [2.45, 2.75) is 52.0 Å². The van der Waals surface area contributed by atoms with Gasteiger partial charge in [-0.3, -0.25) is 9.59 Å². The molecule has 120 valence electrons. The lowest BCUT2D eigenvalue weighted by molar-refractivity contribution is -0.143. The zero-order valence-electron chi connectivity index (χ0n) is 12.2. The maximum absolute atomic E-state index is 10.2. The Labute approximate surface area is 118 Å². The largest absolute Gasteiger partial charge is 0.480 e. The molecule has 0 rings (SSSR count). The molecule has 0 aromatic heterocycles. The van der Waals surface area contributed by atoms with Crippen molar-refractivity contribution < 1.29 is 30.0 Å². The molecule has 4 unspecified atom stereocenters. The Morgan fingerprint density at radius 2 is 0.950 bits per heavy atom. The van der Waals surface area contributed by atoms with E-state index in [1.807, 2.05) is 0 Å². The molecule has 0 amide bonds. The van der Waals surface area contributed by atoms with Gasteiger partial charge in [0.15, 0.2) is 0 Å². The smallest absolute Gasteiger partial charge is 0.323 e. The standard InChI is InChI=1S/2C6H13NO3/c2*1-3(2)5(8)4(7)6(9)10/h2*3-5,8H,7H2,1-2H3,(H,9,10). The maximum atomic E-state index is 10.2. The normalized spacial score (nSPS) is 16.9. The van der Waals surface area contributed by atoms with Gasteiger partial charge in [0.05, 0.1) is 12.2 Å². The third-order valence-electron chi connectivity index (χ3n) is 2.67. The number of hydrogen-bond donors (Lipinski definition) is 6. The summed E-state index contributed by atoms with van der Waals surface area (Å²) in [6.07, 6.45) is -1.92. The van der Waals surface area contributed by atoms with Crippen molar-refractivity contribution in [1.29, 1.82) is 0 Å². The van der Waals surface area contributed by atoms with Gasteiger partial charge in [0.2, 0.25) is 0 Å². The third kappa shape index (κ3) is 8.05. The molecular formula is C12H26N2O6. The summed E-state index contributed by atoms with van der Waals surface area (Å²) in [5.74, 6) is -2.57. The van der Waals surface area contributed by atoms with E-state index in [4.69, 9.17) is 31.9 Å². The molecule has 8 nitrogen and oxygen atoms in total. The van der Waals surface area contributed by atoms with Gasteiger partial charge in [-0.15, -0.1) is 0 Å². The van der Waals surface area contributed by atoms with Gasteiger partial charge in [-0.2, -0.15) is 0 Å². The summed E-state index contributed by atoms with van der Waals surface area (Å²) < 4.78 is 0.